The first-order valence-electron chi connectivity index (χ1n) is 11.7. The van der Waals surface area contributed by atoms with E-state index in [2.05, 4.69) is 26.0 Å². The van der Waals surface area contributed by atoms with Gasteiger partial charge in [-0.05, 0) is 55.8 Å². The van der Waals surface area contributed by atoms with E-state index in [1.54, 1.807) is 43.3 Å². The molecule has 0 amide bonds. The van der Waals surface area contributed by atoms with Gasteiger partial charge in [-0.3, -0.25) is 14.9 Å². The molecule has 2 aromatic heterocycles. The van der Waals surface area contributed by atoms with Crippen molar-refractivity contribution in [3.8, 4) is 17.3 Å². The van der Waals surface area contributed by atoms with E-state index in [9.17, 15) is 14.9 Å². The molecule has 2 heterocycles. The standard InChI is InChI=1S/C27H20BrClN4O5/c1-3-15(2)37-25-17(11-19(29)13-22(25)33(35)36)14-30-32-26(31-21-7-5-4-6-20(21)27(32)34)24-12-16-10-18(28)8-9-23(16)38-24/h4-15H,3H2,1-2H3/t15-/m0/s1. The van der Waals surface area contributed by atoms with Crippen LogP contribution in [0, 0.1) is 10.1 Å². The van der Waals surface area contributed by atoms with Gasteiger partial charge in [-0.2, -0.15) is 9.78 Å². The second-order valence-corrected chi connectivity index (χ2v) is 9.90. The fourth-order valence-electron chi connectivity index (χ4n) is 3.88. The maximum atomic E-state index is 13.6. The zero-order chi connectivity index (χ0) is 27.0. The molecule has 38 heavy (non-hydrogen) atoms. The number of para-hydroxylation sites is 1. The first-order valence-corrected chi connectivity index (χ1v) is 12.8. The molecule has 5 rings (SSSR count). The Bertz CT molecular complexity index is 1800. The van der Waals surface area contributed by atoms with Crippen LogP contribution in [-0.4, -0.2) is 26.9 Å². The molecule has 192 valence electrons. The van der Waals surface area contributed by atoms with Crippen LogP contribution in [0.4, 0.5) is 5.69 Å². The van der Waals surface area contributed by atoms with E-state index < -0.39 is 10.5 Å². The summed E-state index contributed by atoms with van der Waals surface area (Å²) in [5, 5.41) is 17.5. The van der Waals surface area contributed by atoms with Gasteiger partial charge < -0.3 is 9.15 Å². The summed E-state index contributed by atoms with van der Waals surface area (Å²) >= 11 is 9.64. The molecule has 0 spiro atoms. The molecular weight excluding hydrogens is 576 g/mol. The third kappa shape index (κ3) is 4.92. The summed E-state index contributed by atoms with van der Waals surface area (Å²) in [5.74, 6) is 0.499. The van der Waals surface area contributed by atoms with Crippen LogP contribution in [0.15, 0.2) is 79.4 Å². The van der Waals surface area contributed by atoms with Gasteiger partial charge in [0, 0.05) is 26.5 Å². The summed E-state index contributed by atoms with van der Waals surface area (Å²) in [7, 11) is 0. The summed E-state index contributed by atoms with van der Waals surface area (Å²) in [5.41, 5.74) is 0.579. The SMILES string of the molecule is CC[C@H](C)Oc1c(C=Nn2c(-c3cc4cc(Br)ccc4o3)nc3ccccc3c2=O)cc(Cl)cc1[N+](=O)[O-]. The number of halogens is 2. The average Bonchev–Trinajstić information content (AvgIpc) is 3.32. The van der Waals surface area contributed by atoms with Gasteiger partial charge in [-0.15, -0.1) is 0 Å². The fraction of sp³-hybridized carbons (Fsp3) is 0.148. The molecular formula is C27H20BrClN4O5. The topological polar surface area (TPSA) is 113 Å². The lowest BCUT2D eigenvalue weighted by atomic mass is 10.1. The summed E-state index contributed by atoms with van der Waals surface area (Å²) in [6, 6.07) is 16.9. The number of ether oxygens (including phenoxy) is 1. The van der Waals surface area contributed by atoms with Gasteiger partial charge in [0.25, 0.3) is 5.56 Å². The number of benzene rings is 3. The van der Waals surface area contributed by atoms with Crippen molar-refractivity contribution in [2.75, 3.05) is 0 Å². The van der Waals surface area contributed by atoms with E-state index in [0.29, 0.717) is 28.7 Å². The smallest absolute Gasteiger partial charge is 0.313 e. The highest BCUT2D eigenvalue weighted by atomic mass is 79.9. The molecule has 0 bridgehead atoms. The van der Waals surface area contributed by atoms with Gasteiger partial charge in [-0.1, -0.05) is 46.6 Å². The van der Waals surface area contributed by atoms with Gasteiger partial charge in [0.05, 0.1) is 28.1 Å². The van der Waals surface area contributed by atoms with Crippen molar-refractivity contribution >= 4 is 61.3 Å². The predicted molar refractivity (Wildman–Crippen MR) is 150 cm³/mol. The summed E-state index contributed by atoms with van der Waals surface area (Å²) in [4.78, 5) is 29.4. The minimum atomic E-state index is -0.567. The lowest BCUT2D eigenvalue weighted by molar-refractivity contribution is -0.386. The van der Waals surface area contributed by atoms with E-state index >= 15 is 0 Å². The monoisotopic (exact) mass is 594 g/mol. The van der Waals surface area contributed by atoms with Crippen LogP contribution >= 0.6 is 27.5 Å². The quantitative estimate of drug-likeness (QED) is 0.112. The third-order valence-electron chi connectivity index (χ3n) is 5.92. The van der Waals surface area contributed by atoms with Gasteiger partial charge in [0.1, 0.15) is 5.58 Å². The number of hydrogen-bond donors (Lipinski definition) is 0. The van der Waals surface area contributed by atoms with Crippen molar-refractivity contribution in [1.29, 1.82) is 0 Å². The van der Waals surface area contributed by atoms with Crippen LogP contribution < -0.4 is 10.3 Å². The molecule has 0 saturated heterocycles. The van der Waals surface area contributed by atoms with Crippen LogP contribution in [0.5, 0.6) is 5.75 Å². The second-order valence-electron chi connectivity index (χ2n) is 8.54. The molecule has 0 fully saturated rings. The van der Waals surface area contributed by atoms with Crippen molar-refractivity contribution < 1.29 is 14.1 Å². The van der Waals surface area contributed by atoms with E-state index in [0.717, 1.165) is 14.5 Å². The Morgan fingerprint density at radius 3 is 2.79 bits per heavy atom. The molecule has 0 aliphatic rings. The molecule has 0 radical (unpaired) electrons. The fourth-order valence-corrected chi connectivity index (χ4v) is 4.48. The maximum absolute atomic E-state index is 13.6. The Kier molecular flexibility index (Phi) is 7.00. The van der Waals surface area contributed by atoms with Gasteiger partial charge >= 0.3 is 5.69 Å². The molecule has 0 unspecified atom stereocenters. The van der Waals surface area contributed by atoms with Crippen LogP contribution in [0.25, 0.3) is 33.5 Å². The number of hydrogen-bond acceptors (Lipinski definition) is 7. The van der Waals surface area contributed by atoms with Gasteiger partial charge in [-0.25, -0.2) is 4.98 Å². The van der Waals surface area contributed by atoms with Crippen LogP contribution in [0.3, 0.4) is 0 Å². The molecule has 1 atom stereocenters. The molecule has 3 aromatic carbocycles. The van der Waals surface area contributed by atoms with E-state index in [1.165, 1.54) is 18.3 Å². The Morgan fingerprint density at radius 1 is 1.24 bits per heavy atom. The molecule has 9 nitrogen and oxygen atoms in total. The Labute approximate surface area is 229 Å². The summed E-state index contributed by atoms with van der Waals surface area (Å²) in [6.07, 6.45) is 1.62. The van der Waals surface area contributed by atoms with E-state index in [1.807, 2.05) is 19.1 Å². The van der Waals surface area contributed by atoms with E-state index in [4.69, 9.17) is 20.8 Å². The minimum absolute atomic E-state index is 0.00874. The van der Waals surface area contributed by atoms with Gasteiger partial charge in [0.2, 0.25) is 11.6 Å². The van der Waals surface area contributed by atoms with Crippen molar-refractivity contribution in [2.24, 2.45) is 5.10 Å². The van der Waals surface area contributed by atoms with Crippen molar-refractivity contribution in [1.82, 2.24) is 9.66 Å². The highest BCUT2D eigenvalue weighted by Crippen LogP contribution is 2.35. The predicted octanol–water partition coefficient (Wildman–Crippen LogP) is 7.19. The first kappa shape index (κ1) is 25.6. The zero-order valence-corrected chi connectivity index (χ0v) is 22.6. The Hall–Kier alpha value is -4.02. The van der Waals surface area contributed by atoms with Crippen LogP contribution in [-0.2, 0) is 0 Å². The first-order chi connectivity index (χ1) is 18.2. The summed E-state index contributed by atoms with van der Waals surface area (Å²) in [6.45, 7) is 3.70. The summed E-state index contributed by atoms with van der Waals surface area (Å²) < 4.78 is 13.9. The molecule has 0 aliphatic heterocycles. The highest BCUT2D eigenvalue weighted by Gasteiger charge is 2.23. The van der Waals surface area contributed by atoms with Crippen molar-refractivity contribution in [3.05, 3.63) is 96.2 Å². The number of nitro benzene ring substituents is 1. The Balaban J connectivity index is 1.73. The average molecular weight is 596 g/mol. The number of rotatable bonds is 7. The Morgan fingerprint density at radius 2 is 2.03 bits per heavy atom. The number of aromatic nitrogens is 2. The third-order valence-corrected chi connectivity index (χ3v) is 6.63. The molecule has 0 N–H and O–H groups in total. The highest BCUT2D eigenvalue weighted by molar-refractivity contribution is 9.10. The normalized spacial score (nSPS) is 12.4. The number of nitrogens with zero attached hydrogens (tertiary/aromatic N) is 4. The van der Waals surface area contributed by atoms with E-state index in [-0.39, 0.29) is 34.0 Å². The molecule has 0 aliphatic carbocycles. The number of fused-ring (bicyclic) bond motifs is 2. The maximum Gasteiger partial charge on any atom is 0.313 e. The second kappa shape index (κ2) is 10.4. The zero-order valence-electron chi connectivity index (χ0n) is 20.2. The van der Waals surface area contributed by atoms with Gasteiger partial charge in [0.15, 0.2) is 5.76 Å². The van der Waals surface area contributed by atoms with Crippen molar-refractivity contribution in [2.45, 2.75) is 26.4 Å². The molecule has 11 heteroatoms. The molecule has 5 aromatic rings. The minimum Gasteiger partial charge on any atom is -0.483 e. The largest absolute Gasteiger partial charge is 0.483 e. The lowest BCUT2D eigenvalue weighted by Crippen LogP contribution is -2.20. The number of furan rings is 1. The van der Waals surface area contributed by atoms with Crippen LogP contribution in [0.2, 0.25) is 5.02 Å². The molecule has 0 saturated carbocycles. The lowest BCUT2D eigenvalue weighted by Gasteiger charge is -2.15. The van der Waals surface area contributed by atoms with Crippen molar-refractivity contribution in [3.63, 3.8) is 0 Å². The number of nitro groups is 1. The van der Waals surface area contributed by atoms with Crippen LogP contribution in [0.1, 0.15) is 25.8 Å².